The van der Waals surface area contributed by atoms with Crippen LogP contribution in [0.3, 0.4) is 0 Å². The first-order chi connectivity index (χ1) is 9.84. The lowest BCUT2D eigenvalue weighted by molar-refractivity contribution is -0.152. The summed E-state index contributed by atoms with van der Waals surface area (Å²) in [7, 11) is 0. The number of nitriles is 1. The minimum absolute atomic E-state index is 0.0310. The van der Waals surface area contributed by atoms with Crippen LogP contribution in [0.15, 0.2) is 29.3 Å². The number of nitrogens with one attached hydrogen (secondary N) is 1. The van der Waals surface area contributed by atoms with Gasteiger partial charge in [-0.2, -0.15) is 5.26 Å². The number of esters is 1. The van der Waals surface area contributed by atoms with Gasteiger partial charge < -0.3 is 10.1 Å². The molecule has 0 amide bonds. The maximum Gasteiger partial charge on any atom is 0.328 e. The van der Waals surface area contributed by atoms with Crippen molar-refractivity contribution < 1.29 is 9.53 Å². The van der Waals surface area contributed by atoms with Crippen molar-refractivity contribution >= 4 is 28.6 Å². The molecule has 0 fully saturated rings. The molecule has 0 radical (unpaired) electrons. The van der Waals surface area contributed by atoms with Crippen LogP contribution in [0.2, 0.25) is 0 Å². The van der Waals surface area contributed by atoms with E-state index >= 15 is 0 Å². The van der Waals surface area contributed by atoms with E-state index in [1.165, 1.54) is 11.8 Å². The summed E-state index contributed by atoms with van der Waals surface area (Å²) in [5.41, 5.74) is 0.899. The second-order valence-electron chi connectivity index (χ2n) is 5.23. The van der Waals surface area contributed by atoms with Gasteiger partial charge in [0.15, 0.2) is 5.17 Å². The zero-order valence-corrected chi connectivity index (χ0v) is 13.5. The first-order valence-corrected chi connectivity index (χ1v) is 7.64. The van der Waals surface area contributed by atoms with Crippen LogP contribution in [-0.4, -0.2) is 29.5 Å². The Hall–Kier alpha value is -2.00. The van der Waals surface area contributed by atoms with Gasteiger partial charge in [0.25, 0.3) is 0 Å². The van der Waals surface area contributed by atoms with Crippen LogP contribution >= 0.6 is 11.8 Å². The zero-order chi connectivity index (χ0) is 15.9. The van der Waals surface area contributed by atoms with Crippen LogP contribution in [-0.2, 0) is 9.53 Å². The molecule has 0 aliphatic carbocycles. The van der Waals surface area contributed by atoms with Gasteiger partial charge in [-0.3, -0.25) is 9.79 Å². The Morgan fingerprint density at radius 2 is 2.00 bits per heavy atom. The molecule has 0 bridgehead atoms. The van der Waals surface area contributed by atoms with Crippen molar-refractivity contribution in [2.45, 2.75) is 26.4 Å². The molecule has 112 valence electrons. The van der Waals surface area contributed by atoms with E-state index in [2.05, 4.69) is 16.4 Å². The van der Waals surface area contributed by atoms with E-state index in [1.807, 2.05) is 27.0 Å². The first kappa shape index (κ1) is 17.1. The van der Waals surface area contributed by atoms with Crippen molar-refractivity contribution in [3.8, 4) is 6.07 Å². The number of ether oxygens (including phenoxy) is 1. The number of thioether (sulfide) groups is 1. The molecule has 0 aliphatic heterocycles. The summed E-state index contributed by atoms with van der Waals surface area (Å²) in [6.07, 6.45) is 1.87. The molecule has 1 aromatic carbocycles. The third kappa shape index (κ3) is 6.82. The second kappa shape index (κ2) is 7.70. The molecule has 1 rings (SSSR count). The van der Waals surface area contributed by atoms with Gasteiger partial charge in [-0.15, -0.1) is 0 Å². The van der Waals surface area contributed by atoms with Crippen LogP contribution in [0.1, 0.15) is 26.3 Å². The number of nitrogens with zero attached hydrogens (tertiary/aromatic N) is 2. The topological polar surface area (TPSA) is 74.5 Å². The Labute approximate surface area is 129 Å². The fourth-order valence-electron chi connectivity index (χ4n) is 1.42. The highest BCUT2D eigenvalue weighted by atomic mass is 32.2. The van der Waals surface area contributed by atoms with E-state index in [9.17, 15) is 4.79 Å². The predicted molar refractivity (Wildman–Crippen MR) is 86.4 cm³/mol. The van der Waals surface area contributed by atoms with Crippen molar-refractivity contribution in [1.82, 2.24) is 0 Å². The van der Waals surface area contributed by atoms with Crippen molar-refractivity contribution in [1.29, 1.82) is 5.26 Å². The van der Waals surface area contributed by atoms with Gasteiger partial charge in [0, 0.05) is 5.69 Å². The van der Waals surface area contributed by atoms with E-state index in [1.54, 1.807) is 24.3 Å². The molecule has 0 aromatic heterocycles. The molecule has 0 atom stereocenters. The fraction of sp³-hybridized carbons (Fsp3) is 0.400. The van der Waals surface area contributed by atoms with Crippen LogP contribution in [0.4, 0.5) is 5.69 Å². The lowest BCUT2D eigenvalue weighted by atomic mass is 10.2. The molecule has 0 aliphatic rings. The number of aliphatic imine (C=N–C) groups is 1. The van der Waals surface area contributed by atoms with Gasteiger partial charge in [0.2, 0.25) is 0 Å². The van der Waals surface area contributed by atoms with Crippen LogP contribution in [0, 0.1) is 11.3 Å². The average molecular weight is 305 g/mol. The van der Waals surface area contributed by atoms with Crippen LogP contribution in [0.25, 0.3) is 0 Å². The van der Waals surface area contributed by atoms with E-state index in [-0.39, 0.29) is 12.5 Å². The molecular weight excluding hydrogens is 286 g/mol. The number of benzene rings is 1. The Morgan fingerprint density at radius 3 is 2.48 bits per heavy atom. The van der Waals surface area contributed by atoms with Crippen molar-refractivity contribution in [2.24, 2.45) is 4.99 Å². The summed E-state index contributed by atoms with van der Waals surface area (Å²) in [5, 5.41) is 12.5. The van der Waals surface area contributed by atoms with Crippen molar-refractivity contribution in [3.05, 3.63) is 29.8 Å². The SMILES string of the molecule is CSC(=NCC(=O)OC(C)(C)C)Nc1ccc(C#N)cc1. The minimum Gasteiger partial charge on any atom is -0.459 e. The number of anilines is 1. The highest BCUT2D eigenvalue weighted by Crippen LogP contribution is 2.12. The standard InChI is InChI=1S/C15H19N3O2S/c1-15(2,3)20-13(19)10-17-14(21-4)18-12-7-5-11(9-16)6-8-12/h5-8H,10H2,1-4H3,(H,17,18). The molecule has 6 heteroatoms. The van der Waals surface area contributed by atoms with Crippen molar-refractivity contribution in [3.63, 3.8) is 0 Å². The maximum atomic E-state index is 11.6. The van der Waals surface area contributed by atoms with E-state index in [0.29, 0.717) is 10.7 Å². The molecule has 0 spiro atoms. The molecule has 21 heavy (non-hydrogen) atoms. The quantitative estimate of drug-likeness (QED) is 0.528. The Morgan fingerprint density at radius 1 is 1.38 bits per heavy atom. The number of carbonyl (C=O) groups excluding carboxylic acids is 1. The van der Waals surface area contributed by atoms with Crippen LogP contribution < -0.4 is 5.32 Å². The second-order valence-corrected chi connectivity index (χ2v) is 6.02. The summed E-state index contributed by atoms with van der Waals surface area (Å²) in [6.45, 7) is 5.42. The normalized spacial score (nSPS) is 11.7. The Bertz CT molecular complexity index is 554. The minimum atomic E-state index is -0.507. The maximum absolute atomic E-state index is 11.6. The molecule has 1 N–H and O–H groups in total. The van der Waals surface area contributed by atoms with Crippen LogP contribution in [0.5, 0.6) is 0 Å². The summed E-state index contributed by atoms with van der Waals surface area (Å²) in [5.74, 6) is -0.365. The molecular formula is C15H19N3O2S. The number of hydrogen-bond donors (Lipinski definition) is 1. The Kier molecular flexibility index (Phi) is 6.25. The Balaban J connectivity index is 2.63. The monoisotopic (exact) mass is 305 g/mol. The summed E-state index contributed by atoms with van der Waals surface area (Å²) < 4.78 is 5.19. The summed E-state index contributed by atoms with van der Waals surface area (Å²) in [6, 6.07) is 9.07. The van der Waals surface area contributed by atoms with Gasteiger partial charge in [0.05, 0.1) is 11.6 Å². The number of amidine groups is 1. The molecule has 0 saturated heterocycles. The van der Waals surface area contributed by atoms with Gasteiger partial charge in [-0.05, 0) is 51.3 Å². The van der Waals surface area contributed by atoms with E-state index in [0.717, 1.165) is 5.69 Å². The molecule has 5 nitrogen and oxygen atoms in total. The molecule has 1 aromatic rings. The number of carbonyl (C=O) groups is 1. The van der Waals surface area contributed by atoms with Gasteiger partial charge >= 0.3 is 5.97 Å². The number of hydrogen-bond acceptors (Lipinski definition) is 5. The highest BCUT2D eigenvalue weighted by molar-refractivity contribution is 8.13. The molecule has 0 saturated carbocycles. The fourth-order valence-corrected chi connectivity index (χ4v) is 1.83. The first-order valence-electron chi connectivity index (χ1n) is 6.41. The number of rotatable bonds is 3. The van der Waals surface area contributed by atoms with Gasteiger partial charge in [-0.1, -0.05) is 11.8 Å². The highest BCUT2D eigenvalue weighted by Gasteiger charge is 2.15. The summed E-state index contributed by atoms with van der Waals surface area (Å²) >= 11 is 1.40. The van der Waals surface area contributed by atoms with Gasteiger partial charge in [-0.25, -0.2) is 0 Å². The predicted octanol–water partition coefficient (Wildman–Crippen LogP) is 3.03. The van der Waals surface area contributed by atoms with E-state index < -0.39 is 5.60 Å². The molecule has 0 unspecified atom stereocenters. The third-order valence-electron chi connectivity index (χ3n) is 2.23. The van der Waals surface area contributed by atoms with Gasteiger partial charge in [0.1, 0.15) is 12.1 Å². The van der Waals surface area contributed by atoms with E-state index in [4.69, 9.17) is 10.00 Å². The zero-order valence-electron chi connectivity index (χ0n) is 12.6. The molecule has 0 heterocycles. The lowest BCUT2D eigenvalue weighted by Gasteiger charge is -2.18. The smallest absolute Gasteiger partial charge is 0.328 e. The van der Waals surface area contributed by atoms with Crippen molar-refractivity contribution in [2.75, 3.05) is 18.1 Å². The average Bonchev–Trinajstić information content (AvgIpc) is 2.42. The summed E-state index contributed by atoms with van der Waals surface area (Å²) in [4.78, 5) is 15.8. The lowest BCUT2D eigenvalue weighted by Crippen LogP contribution is -2.25. The third-order valence-corrected chi connectivity index (χ3v) is 2.85. The largest absolute Gasteiger partial charge is 0.459 e.